The first-order chi connectivity index (χ1) is 9.47. The molecule has 0 bridgehead atoms. The van der Waals surface area contributed by atoms with E-state index in [2.05, 4.69) is 64.4 Å². The van der Waals surface area contributed by atoms with Crippen LogP contribution >= 0.6 is 0 Å². The standard InChI is InChI=1S/C16H19NOSeSi/c1-20(2,3)18-16(19)17(14-10-6-4-7-11-14)15-12-8-5-9-13-15/h4-13H,1-3H3. The van der Waals surface area contributed by atoms with Crippen LogP contribution in [-0.2, 0) is 4.43 Å². The van der Waals surface area contributed by atoms with E-state index >= 15 is 0 Å². The van der Waals surface area contributed by atoms with Crippen LogP contribution in [0.2, 0.25) is 19.6 Å². The Hall–Kier alpha value is -1.35. The second kappa shape index (κ2) is 6.40. The second-order valence-electron chi connectivity index (χ2n) is 5.49. The van der Waals surface area contributed by atoms with Crippen molar-refractivity contribution in [1.29, 1.82) is 0 Å². The molecule has 0 aliphatic carbocycles. The van der Waals surface area contributed by atoms with Crippen molar-refractivity contribution in [3.63, 3.8) is 0 Å². The summed E-state index contributed by atoms with van der Waals surface area (Å²) in [6, 6.07) is 20.5. The van der Waals surface area contributed by atoms with E-state index in [9.17, 15) is 0 Å². The molecule has 0 N–H and O–H groups in total. The van der Waals surface area contributed by atoms with E-state index in [4.69, 9.17) is 4.43 Å². The molecule has 0 amide bonds. The van der Waals surface area contributed by atoms with Crippen LogP contribution < -0.4 is 4.90 Å². The molecule has 0 spiro atoms. The molecule has 2 nitrogen and oxygen atoms in total. The summed E-state index contributed by atoms with van der Waals surface area (Å²) < 4.78 is 6.94. The van der Waals surface area contributed by atoms with E-state index in [0.29, 0.717) is 0 Å². The molecule has 0 heterocycles. The topological polar surface area (TPSA) is 12.5 Å². The van der Waals surface area contributed by atoms with Crippen LogP contribution in [0.25, 0.3) is 0 Å². The zero-order valence-electron chi connectivity index (χ0n) is 12.0. The van der Waals surface area contributed by atoms with Gasteiger partial charge < -0.3 is 0 Å². The van der Waals surface area contributed by atoms with Crippen LogP contribution in [0, 0.1) is 0 Å². The summed E-state index contributed by atoms with van der Waals surface area (Å²) in [7, 11) is -1.66. The number of benzene rings is 2. The Bertz CT molecular complexity index is 527. The summed E-state index contributed by atoms with van der Waals surface area (Å²) in [5.41, 5.74) is 2.18. The van der Waals surface area contributed by atoms with E-state index in [1.165, 1.54) is 0 Å². The molecule has 20 heavy (non-hydrogen) atoms. The van der Waals surface area contributed by atoms with Gasteiger partial charge in [-0.05, 0) is 0 Å². The maximum absolute atomic E-state index is 6.13. The van der Waals surface area contributed by atoms with Crippen molar-refractivity contribution in [3.8, 4) is 0 Å². The van der Waals surface area contributed by atoms with Crippen LogP contribution in [0.4, 0.5) is 11.4 Å². The van der Waals surface area contributed by atoms with Gasteiger partial charge in [0.2, 0.25) is 0 Å². The molecule has 0 aliphatic heterocycles. The van der Waals surface area contributed by atoms with Crippen molar-refractivity contribution in [2.24, 2.45) is 0 Å². The Balaban J connectivity index is 2.38. The van der Waals surface area contributed by atoms with Gasteiger partial charge in [0.15, 0.2) is 0 Å². The van der Waals surface area contributed by atoms with Crippen LogP contribution in [-0.4, -0.2) is 28.6 Å². The Morgan fingerprint density at radius 1 is 0.850 bits per heavy atom. The predicted octanol–water partition coefficient (Wildman–Crippen LogP) is 3.93. The van der Waals surface area contributed by atoms with Gasteiger partial charge >= 0.3 is 130 Å². The van der Waals surface area contributed by atoms with Gasteiger partial charge in [-0.1, -0.05) is 0 Å². The number of para-hydroxylation sites is 2. The van der Waals surface area contributed by atoms with Crippen molar-refractivity contribution < 1.29 is 4.43 Å². The molecule has 0 saturated heterocycles. The first-order valence-electron chi connectivity index (χ1n) is 6.60. The molecular formula is C16H19NOSeSi. The third-order valence-electron chi connectivity index (χ3n) is 2.60. The first kappa shape index (κ1) is 15.0. The van der Waals surface area contributed by atoms with Gasteiger partial charge in [-0.15, -0.1) is 0 Å². The van der Waals surface area contributed by atoms with Gasteiger partial charge in [0, 0.05) is 0 Å². The van der Waals surface area contributed by atoms with E-state index in [-0.39, 0.29) is 0 Å². The van der Waals surface area contributed by atoms with Gasteiger partial charge in [-0.3, -0.25) is 0 Å². The molecule has 0 unspecified atom stereocenters. The second-order valence-corrected chi connectivity index (χ2v) is 10.6. The molecule has 4 heteroatoms. The van der Waals surface area contributed by atoms with Crippen molar-refractivity contribution in [3.05, 3.63) is 60.7 Å². The fraction of sp³-hybridized carbons (Fsp3) is 0.188. The Kier molecular flexibility index (Phi) is 4.81. The van der Waals surface area contributed by atoms with E-state index < -0.39 is 8.32 Å². The van der Waals surface area contributed by atoms with Gasteiger partial charge in [-0.25, -0.2) is 0 Å². The summed E-state index contributed by atoms with van der Waals surface area (Å²) in [6.45, 7) is 6.54. The third-order valence-corrected chi connectivity index (χ3v) is 4.30. The van der Waals surface area contributed by atoms with E-state index in [1.807, 2.05) is 36.4 Å². The quantitative estimate of drug-likeness (QED) is 0.759. The summed E-state index contributed by atoms with van der Waals surface area (Å²) >= 11 is 3.09. The normalized spacial score (nSPS) is 10.9. The predicted molar refractivity (Wildman–Crippen MR) is 90.2 cm³/mol. The maximum atomic E-state index is 6.13. The first-order valence-corrected chi connectivity index (χ1v) is 10.9. The number of hydrogen-bond acceptors (Lipinski definition) is 2. The number of rotatable bonds is 5. The van der Waals surface area contributed by atoms with Crippen molar-refractivity contribution in [2.45, 2.75) is 19.6 Å². The van der Waals surface area contributed by atoms with Crippen LogP contribution in [0.3, 0.4) is 0 Å². The fourth-order valence-corrected chi connectivity index (χ4v) is 4.45. The summed E-state index contributed by atoms with van der Waals surface area (Å²) in [6.07, 6.45) is 0. The SMILES string of the molecule is C[Si](C)(C)OC(=[Se])N(c1ccccc1)c1ccccc1. The van der Waals surface area contributed by atoms with Crippen molar-refractivity contribution in [2.75, 3.05) is 4.90 Å². The minimum absolute atomic E-state index is 0.807. The van der Waals surface area contributed by atoms with Crippen molar-refractivity contribution >= 4 is 40.0 Å². The molecule has 0 saturated carbocycles. The Labute approximate surface area is 129 Å². The van der Waals surface area contributed by atoms with E-state index in [1.54, 1.807) is 0 Å². The molecule has 2 aromatic carbocycles. The number of nitrogens with zero attached hydrogens (tertiary/aromatic N) is 1. The molecule has 0 aromatic heterocycles. The third kappa shape index (κ3) is 4.07. The molecule has 2 aromatic rings. The Morgan fingerprint density at radius 3 is 1.60 bits per heavy atom. The fourth-order valence-electron chi connectivity index (χ4n) is 1.82. The van der Waals surface area contributed by atoms with Crippen LogP contribution in [0.15, 0.2) is 60.7 Å². The van der Waals surface area contributed by atoms with Gasteiger partial charge in [0.1, 0.15) is 0 Å². The van der Waals surface area contributed by atoms with Crippen LogP contribution in [0.1, 0.15) is 0 Å². The minimum atomic E-state index is -1.66. The zero-order valence-corrected chi connectivity index (χ0v) is 14.8. The molecule has 0 radical (unpaired) electrons. The average molecular weight is 348 g/mol. The average Bonchev–Trinajstić information content (AvgIpc) is 2.39. The molecule has 104 valence electrons. The molecule has 0 atom stereocenters. The molecule has 2 rings (SSSR count). The van der Waals surface area contributed by atoms with Crippen molar-refractivity contribution in [1.82, 2.24) is 0 Å². The van der Waals surface area contributed by atoms with E-state index in [0.717, 1.165) is 16.1 Å². The van der Waals surface area contributed by atoms with Gasteiger partial charge in [0.25, 0.3) is 0 Å². The number of hydrogen-bond donors (Lipinski definition) is 0. The molecule has 0 aliphatic rings. The summed E-state index contributed by atoms with van der Waals surface area (Å²) in [5.74, 6) is 0. The zero-order chi connectivity index (χ0) is 14.6. The summed E-state index contributed by atoms with van der Waals surface area (Å²) in [5, 5.41) is 0. The monoisotopic (exact) mass is 349 g/mol. The molecular weight excluding hydrogens is 329 g/mol. The van der Waals surface area contributed by atoms with Gasteiger partial charge in [0.05, 0.1) is 0 Å². The number of anilines is 2. The van der Waals surface area contributed by atoms with Gasteiger partial charge in [-0.2, -0.15) is 0 Å². The molecule has 0 fully saturated rings. The summed E-state index contributed by atoms with van der Waals surface area (Å²) in [4.78, 5) is 2.11. The van der Waals surface area contributed by atoms with Crippen LogP contribution in [0.5, 0.6) is 0 Å². The Morgan fingerprint density at radius 2 is 1.25 bits per heavy atom.